The number of aryl methyl sites for hydroxylation is 18. The molecule has 110 heavy (non-hydrogen) atoms. The Morgan fingerprint density at radius 3 is 0.627 bits per heavy atom. The van der Waals surface area contributed by atoms with Gasteiger partial charge in [-0.1, -0.05) is 407 Å². The van der Waals surface area contributed by atoms with Gasteiger partial charge in [-0.3, -0.25) is 0 Å². The van der Waals surface area contributed by atoms with E-state index in [1.807, 2.05) is 27.7 Å². The third-order valence-corrected chi connectivity index (χ3v) is 24.8. The molecule has 0 amide bonds. The predicted octanol–water partition coefficient (Wildman–Crippen LogP) is 22.0. The van der Waals surface area contributed by atoms with Crippen LogP contribution in [0.2, 0.25) is 0 Å². The Labute approximate surface area is 673 Å². The van der Waals surface area contributed by atoms with Crippen molar-refractivity contribution >= 4 is 96.0 Å². The first-order chi connectivity index (χ1) is 52.7. The second kappa shape index (κ2) is 31.1. The lowest BCUT2D eigenvalue weighted by atomic mass is 9.34. The lowest BCUT2D eigenvalue weighted by Gasteiger charge is -2.35. The van der Waals surface area contributed by atoms with Crippen molar-refractivity contribution in [2.75, 3.05) is 0 Å². The van der Waals surface area contributed by atoms with Gasteiger partial charge in [-0.05, 0) is 227 Å². The third kappa shape index (κ3) is 13.9. The minimum Gasteiger partial charge on any atom is -0.322 e. The second-order valence-electron chi connectivity index (χ2n) is 32.1. The molecule has 0 saturated heterocycles. The zero-order valence-corrected chi connectivity index (χ0v) is 70.4. The van der Waals surface area contributed by atoms with Crippen molar-refractivity contribution in [3.63, 3.8) is 0 Å². The summed E-state index contributed by atoms with van der Waals surface area (Å²) in [5.74, 6) is 0. The highest BCUT2D eigenvalue weighted by molar-refractivity contribution is 9.10. The number of hydrogen-bond acceptors (Lipinski definition) is 0. The topological polar surface area (TPSA) is 0 Å². The molecule has 0 aliphatic heterocycles. The summed E-state index contributed by atoms with van der Waals surface area (Å²) in [4.78, 5) is 0. The van der Waals surface area contributed by atoms with Gasteiger partial charge in [-0.2, -0.15) is 0 Å². The number of hydrogen-bond donors (Lipinski definition) is 0. The molecule has 0 nitrogen and oxygen atoms in total. The number of fused-ring (bicyclic) bond motifs is 6. The van der Waals surface area contributed by atoms with Gasteiger partial charge in [0.2, 0.25) is 13.4 Å². The highest BCUT2D eigenvalue weighted by atomic mass is 79.9. The van der Waals surface area contributed by atoms with Crippen molar-refractivity contribution in [3.05, 3.63) is 421 Å². The zero-order valence-electron chi connectivity index (χ0n) is 67.3. The van der Waals surface area contributed by atoms with E-state index in [1.165, 1.54) is 177 Å². The molecule has 0 radical (unpaired) electrons. The molecule has 0 saturated carbocycles. The Morgan fingerprint density at radius 2 is 0.409 bits per heavy atom. The van der Waals surface area contributed by atoms with Crippen LogP contribution in [0.5, 0.6) is 0 Å². The highest BCUT2D eigenvalue weighted by Crippen LogP contribution is 2.58. The van der Waals surface area contributed by atoms with Crippen LogP contribution in [0.25, 0.3) is 22.3 Å². The largest absolute Gasteiger partial charge is 0.414 e. The Balaban J connectivity index is 0.000000174. The molecule has 0 heterocycles. The minimum atomic E-state index is -1.05. The average Bonchev–Trinajstić information content (AvgIpc) is 1.54. The lowest BCUT2D eigenvalue weighted by Crippen LogP contribution is -2.56. The summed E-state index contributed by atoms with van der Waals surface area (Å²) in [5, 5.41) is 0. The SMILES string of the molecule is Brc1ccc2c(c1)C(c1ccccc1)(c1ccccc1)c1cc(Br)ccc1-2.Cc1cc(C)c(B(F)c2c(C)cc(C)cc2C)c(C)c1.Cc1cc(C)c(B(c2ccc3c(c2)C(c2ccccc2)(c2ccccc2)c2cc(B(c4c(C)cc(C)cc4C)c4c(C)cc(C)cc4C)ccc2-3)c2c(C)cc(C)cc2C)c(C)c1. The van der Waals surface area contributed by atoms with Gasteiger partial charge < -0.3 is 4.32 Å². The summed E-state index contributed by atoms with van der Waals surface area (Å²) in [6.45, 7) is 38.6. The van der Waals surface area contributed by atoms with E-state index in [-0.39, 0.29) is 18.8 Å². The fourth-order valence-electron chi connectivity index (χ4n) is 20.2. The molecular formula is C104H98B3Br2F. The molecule has 2 aliphatic carbocycles. The van der Waals surface area contributed by atoms with E-state index in [1.54, 1.807) is 0 Å². The molecule has 14 aromatic rings. The molecule has 0 spiro atoms. The van der Waals surface area contributed by atoms with E-state index in [0.717, 1.165) is 42.1 Å². The fraction of sp³-hybridized carbons (Fsp3) is 0.192. The molecular weight excluding hydrogens is 1460 g/mol. The molecule has 0 atom stereocenters. The molecule has 0 bridgehead atoms. The van der Waals surface area contributed by atoms with E-state index in [0.29, 0.717) is 0 Å². The van der Waals surface area contributed by atoms with Crippen molar-refractivity contribution in [3.8, 4) is 22.3 Å². The normalized spacial score (nSPS) is 12.6. The molecule has 6 heteroatoms. The van der Waals surface area contributed by atoms with Gasteiger partial charge in [0.1, 0.15) is 0 Å². The van der Waals surface area contributed by atoms with Gasteiger partial charge in [-0.25, -0.2) is 0 Å². The van der Waals surface area contributed by atoms with E-state index in [4.69, 9.17) is 0 Å². The van der Waals surface area contributed by atoms with Crippen LogP contribution in [0.15, 0.2) is 276 Å². The van der Waals surface area contributed by atoms with Crippen molar-refractivity contribution in [1.29, 1.82) is 0 Å². The molecule has 14 aromatic carbocycles. The van der Waals surface area contributed by atoms with Crippen molar-refractivity contribution in [1.82, 2.24) is 0 Å². The third-order valence-electron chi connectivity index (χ3n) is 23.8. The van der Waals surface area contributed by atoms with Crippen LogP contribution < -0.4 is 43.7 Å². The van der Waals surface area contributed by atoms with Gasteiger partial charge in [0.25, 0.3) is 0 Å². The Hall–Kier alpha value is -9.84. The van der Waals surface area contributed by atoms with Gasteiger partial charge in [0.05, 0.1) is 10.8 Å². The van der Waals surface area contributed by atoms with E-state index >= 15 is 4.32 Å². The first kappa shape index (κ1) is 76.9. The molecule has 544 valence electrons. The van der Waals surface area contributed by atoms with Crippen LogP contribution in [0, 0.1) is 125 Å². The molecule has 16 rings (SSSR count). The van der Waals surface area contributed by atoms with Crippen molar-refractivity contribution in [2.24, 2.45) is 0 Å². The predicted molar refractivity (Wildman–Crippen MR) is 482 cm³/mol. The van der Waals surface area contributed by atoms with Crippen LogP contribution in [0.1, 0.15) is 145 Å². The van der Waals surface area contributed by atoms with Crippen LogP contribution in [0.4, 0.5) is 4.32 Å². The van der Waals surface area contributed by atoms with E-state index < -0.39 is 12.4 Å². The standard InChI is InChI=1S/C61H60B2.C25H16Br2.C18H22BF/c1-37-27-41(5)57(42(6)28-37)62(58-43(7)29-38(2)30-44(58)8)51-23-25-53-54-26-24-52(63(59-45(9)31-39(3)32-46(59)10)60-47(11)33-40(4)34-48(60)12)36-56(54)61(55(53)35-51,49-19-15-13-16-20-49)50-21-17-14-18-22-50;26-19-11-13-21-22-14-12-20(27)16-24(22)25(23(21)15-19,17-7-3-1-4-8-17)18-9-5-2-6-10-18;1-11-7-13(3)17(14(4)8-11)19(20)18-15(5)9-12(2)10-16(18)6/h13-36H,1-12H3;1-16H;7-10H,1-6H3. The maximum atomic E-state index is 15.2. The van der Waals surface area contributed by atoms with Crippen molar-refractivity contribution < 1.29 is 4.32 Å². The van der Waals surface area contributed by atoms with Gasteiger partial charge in [-0.15, -0.1) is 0 Å². The summed E-state index contributed by atoms with van der Waals surface area (Å²) in [5.41, 5.74) is 47.3. The highest BCUT2D eigenvalue weighted by Gasteiger charge is 2.49. The molecule has 2 aliphatic rings. The summed E-state index contributed by atoms with van der Waals surface area (Å²) in [7, 11) is 0. The molecule has 0 N–H and O–H groups in total. The van der Waals surface area contributed by atoms with Gasteiger partial charge in [0, 0.05) is 8.95 Å². The first-order valence-corrected chi connectivity index (χ1v) is 40.5. The van der Waals surface area contributed by atoms with Crippen LogP contribution >= 0.6 is 31.9 Å². The van der Waals surface area contributed by atoms with Crippen molar-refractivity contribution in [2.45, 2.75) is 135 Å². The summed E-state index contributed by atoms with van der Waals surface area (Å²) < 4.78 is 17.4. The quantitative estimate of drug-likeness (QED) is 0.107. The zero-order chi connectivity index (χ0) is 77.9. The Kier molecular flexibility index (Phi) is 21.8. The maximum Gasteiger partial charge on any atom is 0.414 e. The molecule has 0 aromatic heterocycles. The monoisotopic (exact) mass is 1560 g/mol. The van der Waals surface area contributed by atoms with Crippen LogP contribution in [-0.2, 0) is 10.8 Å². The fourth-order valence-corrected chi connectivity index (χ4v) is 20.9. The Bertz CT molecular complexity index is 5260. The number of halogens is 3. The molecule has 0 fully saturated rings. The maximum absolute atomic E-state index is 15.2. The number of rotatable bonds is 12. The van der Waals surface area contributed by atoms with Gasteiger partial charge in [0.15, 0.2) is 0 Å². The lowest BCUT2D eigenvalue weighted by molar-refractivity contribution is 0.767. The van der Waals surface area contributed by atoms with E-state index in [2.05, 4.69) is 396 Å². The molecule has 0 unspecified atom stereocenters. The summed E-state index contributed by atoms with van der Waals surface area (Å²) in [6, 6.07) is 100.0. The van der Waals surface area contributed by atoms with Gasteiger partial charge >= 0.3 is 6.99 Å². The minimum absolute atomic E-state index is 0.0596. The van der Waals surface area contributed by atoms with Crippen LogP contribution in [0.3, 0.4) is 0 Å². The second-order valence-corrected chi connectivity index (χ2v) is 33.9. The Morgan fingerprint density at radius 1 is 0.218 bits per heavy atom. The average molecular weight is 1560 g/mol. The smallest absolute Gasteiger partial charge is 0.322 e. The number of benzene rings is 14. The summed E-state index contributed by atoms with van der Waals surface area (Å²) in [6.07, 6.45) is 0. The van der Waals surface area contributed by atoms with Crippen LogP contribution in [-0.4, -0.2) is 20.4 Å². The summed E-state index contributed by atoms with van der Waals surface area (Å²) >= 11 is 7.42. The first-order valence-electron chi connectivity index (χ1n) is 38.9. The van der Waals surface area contributed by atoms with E-state index in [9.17, 15) is 0 Å².